The van der Waals surface area contributed by atoms with Crippen LogP contribution in [0, 0.1) is 6.92 Å². The van der Waals surface area contributed by atoms with Crippen molar-refractivity contribution in [1.29, 1.82) is 0 Å². The molecular weight excluding hydrogens is 352 g/mol. The molecule has 2 aromatic rings. The molecule has 3 rings (SSSR count). The van der Waals surface area contributed by atoms with Crippen molar-refractivity contribution in [2.75, 3.05) is 7.11 Å². The zero-order valence-corrected chi connectivity index (χ0v) is 16.1. The van der Waals surface area contributed by atoms with Crippen molar-refractivity contribution in [2.45, 2.75) is 45.6 Å². The molecule has 1 aliphatic rings. The van der Waals surface area contributed by atoms with Crippen molar-refractivity contribution in [2.24, 2.45) is 0 Å². The standard InChI is InChI=1S/C21H23ClO4/c1-4-14-11-18(22)20(10-13(14)2)25-12-17-16(15-8-9-15)6-5-7-19(17)26-21(23)24-3/h5-7,10-11,15H,4,8-9,12H2,1-3H3. The third-order valence-electron chi connectivity index (χ3n) is 4.69. The van der Waals surface area contributed by atoms with E-state index < -0.39 is 6.16 Å². The first-order valence-corrected chi connectivity index (χ1v) is 9.20. The van der Waals surface area contributed by atoms with Crippen LogP contribution < -0.4 is 9.47 Å². The van der Waals surface area contributed by atoms with Crippen molar-refractivity contribution in [3.8, 4) is 11.5 Å². The van der Waals surface area contributed by atoms with E-state index in [2.05, 4.69) is 17.7 Å². The molecular formula is C21H23ClO4. The van der Waals surface area contributed by atoms with Gasteiger partial charge in [-0.15, -0.1) is 0 Å². The molecule has 0 N–H and O–H groups in total. The predicted octanol–water partition coefficient (Wildman–Crippen LogP) is 5.81. The lowest BCUT2D eigenvalue weighted by atomic mass is 10.0. The number of halogens is 1. The van der Waals surface area contributed by atoms with Gasteiger partial charge in [0, 0.05) is 5.56 Å². The van der Waals surface area contributed by atoms with Gasteiger partial charge in [0.2, 0.25) is 0 Å². The first-order valence-electron chi connectivity index (χ1n) is 8.82. The monoisotopic (exact) mass is 374 g/mol. The predicted molar refractivity (Wildman–Crippen MR) is 101 cm³/mol. The molecule has 0 aromatic heterocycles. The number of carbonyl (C=O) groups excluding carboxylic acids is 1. The average Bonchev–Trinajstić information content (AvgIpc) is 3.47. The summed E-state index contributed by atoms with van der Waals surface area (Å²) in [4.78, 5) is 11.6. The number of carbonyl (C=O) groups is 1. The number of aryl methyl sites for hydroxylation is 2. The van der Waals surface area contributed by atoms with Crippen LogP contribution in [0.15, 0.2) is 30.3 Å². The molecule has 0 atom stereocenters. The number of benzene rings is 2. The second-order valence-electron chi connectivity index (χ2n) is 6.51. The molecule has 5 heteroatoms. The Hall–Kier alpha value is -2.20. The molecule has 0 heterocycles. The van der Waals surface area contributed by atoms with Crippen LogP contribution in [0.25, 0.3) is 0 Å². The third-order valence-corrected chi connectivity index (χ3v) is 4.99. The van der Waals surface area contributed by atoms with Gasteiger partial charge in [-0.1, -0.05) is 30.7 Å². The number of hydrogen-bond acceptors (Lipinski definition) is 4. The molecule has 0 radical (unpaired) electrons. The van der Waals surface area contributed by atoms with E-state index in [4.69, 9.17) is 21.1 Å². The fourth-order valence-electron chi connectivity index (χ4n) is 3.08. The molecule has 2 aromatic carbocycles. The highest BCUT2D eigenvalue weighted by Gasteiger charge is 2.28. The van der Waals surface area contributed by atoms with Crippen molar-refractivity contribution in [1.82, 2.24) is 0 Å². The summed E-state index contributed by atoms with van der Waals surface area (Å²) in [5, 5.41) is 0.590. The maximum Gasteiger partial charge on any atom is 0.513 e. The summed E-state index contributed by atoms with van der Waals surface area (Å²) in [5.41, 5.74) is 4.38. The van der Waals surface area contributed by atoms with Crippen molar-refractivity contribution in [3.05, 3.63) is 57.6 Å². The molecule has 4 nitrogen and oxygen atoms in total. The molecule has 0 unspecified atom stereocenters. The molecule has 1 saturated carbocycles. The van der Waals surface area contributed by atoms with Gasteiger partial charge in [0.1, 0.15) is 18.1 Å². The van der Waals surface area contributed by atoms with Crippen molar-refractivity contribution >= 4 is 17.8 Å². The van der Waals surface area contributed by atoms with Gasteiger partial charge < -0.3 is 14.2 Å². The molecule has 0 spiro atoms. The summed E-state index contributed by atoms with van der Waals surface area (Å²) in [5.74, 6) is 1.60. The fourth-order valence-corrected chi connectivity index (χ4v) is 3.32. The minimum Gasteiger partial charge on any atom is -0.487 e. The van der Waals surface area contributed by atoms with E-state index >= 15 is 0 Å². The SMILES string of the molecule is CCc1cc(Cl)c(OCc2c(OC(=O)OC)cccc2C2CC2)cc1C. The van der Waals surface area contributed by atoms with Crippen molar-refractivity contribution < 1.29 is 19.0 Å². The molecule has 0 amide bonds. The van der Waals surface area contributed by atoms with Crippen molar-refractivity contribution in [3.63, 3.8) is 0 Å². The molecule has 26 heavy (non-hydrogen) atoms. The molecule has 0 aliphatic heterocycles. The number of hydrogen-bond donors (Lipinski definition) is 0. The van der Waals surface area contributed by atoms with Gasteiger partial charge in [-0.05, 0) is 67.0 Å². The summed E-state index contributed by atoms with van der Waals surface area (Å²) in [7, 11) is 1.29. The van der Waals surface area contributed by atoms with Gasteiger partial charge in [0.25, 0.3) is 0 Å². The Bertz CT molecular complexity index is 812. The van der Waals surface area contributed by atoms with Crippen LogP contribution in [0.3, 0.4) is 0 Å². The lowest BCUT2D eigenvalue weighted by Gasteiger charge is -2.16. The van der Waals surface area contributed by atoms with Crippen LogP contribution in [-0.2, 0) is 17.8 Å². The topological polar surface area (TPSA) is 44.8 Å². The Labute approximate surface area is 159 Å². The summed E-state index contributed by atoms with van der Waals surface area (Å²) < 4.78 is 16.0. The molecule has 0 bridgehead atoms. The molecule has 138 valence electrons. The summed E-state index contributed by atoms with van der Waals surface area (Å²) >= 11 is 6.38. The van der Waals surface area contributed by atoms with E-state index in [1.165, 1.54) is 12.7 Å². The van der Waals surface area contributed by atoms with Crippen LogP contribution in [0.5, 0.6) is 11.5 Å². The van der Waals surface area contributed by atoms with Crippen LogP contribution in [0.2, 0.25) is 5.02 Å². The normalized spacial score (nSPS) is 13.4. The van der Waals surface area contributed by atoms with E-state index in [1.807, 2.05) is 25.1 Å². The smallest absolute Gasteiger partial charge is 0.487 e. The molecule has 1 fully saturated rings. The van der Waals surface area contributed by atoms with Gasteiger partial charge in [-0.3, -0.25) is 0 Å². The Kier molecular flexibility index (Phi) is 5.72. The van der Waals surface area contributed by atoms with E-state index in [1.54, 1.807) is 6.07 Å². The van der Waals surface area contributed by atoms with E-state index in [0.29, 0.717) is 22.4 Å². The fraction of sp³-hybridized carbons (Fsp3) is 0.381. The number of methoxy groups -OCH3 is 1. The van der Waals surface area contributed by atoms with Crippen LogP contribution in [0.1, 0.15) is 47.9 Å². The number of ether oxygens (including phenoxy) is 3. The van der Waals surface area contributed by atoms with Gasteiger partial charge >= 0.3 is 6.16 Å². The third kappa shape index (κ3) is 4.13. The summed E-state index contributed by atoms with van der Waals surface area (Å²) in [6, 6.07) is 9.62. The van der Waals surface area contributed by atoms with Crippen LogP contribution >= 0.6 is 11.6 Å². The Morgan fingerprint density at radius 2 is 2.00 bits per heavy atom. The van der Waals surface area contributed by atoms with Gasteiger partial charge in [0.15, 0.2) is 0 Å². The minimum atomic E-state index is -0.736. The van der Waals surface area contributed by atoms with E-state index in [-0.39, 0.29) is 6.61 Å². The summed E-state index contributed by atoms with van der Waals surface area (Å²) in [6.45, 7) is 4.43. The summed E-state index contributed by atoms with van der Waals surface area (Å²) in [6.07, 6.45) is 2.47. The molecule has 1 aliphatic carbocycles. The number of rotatable bonds is 6. The highest BCUT2D eigenvalue weighted by Crippen LogP contribution is 2.44. The lowest BCUT2D eigenvalue weighted by molar-refractivity contribution is 0.120. The Morgan fingerprint density at radius 1 is 1.23 bits per heavy atom. The van der Waals surface area contributed by atoms with Gasteiger partial charge in [-0.2, -0.15) is 0 Å². The quantitative estimate of drug-likeness (QED) is 0.472. The maximum atomic E-state index is 11.6. The van der Waals surface area contributed by atoms with Crippen LogP contribution in [0.4, 0.5) is 4.79 Å². The largest absolute Gasteiger partial charge is 0.513 e. The van der Waals surface area contributed by atoms with E-state index in [0.717, 1.165) is 36.0 Å². The minimum absolute atomic E-state index is 0.281. The zero-order chi connectivity index (χ0) is 18.7. The zero-order valence-electron chi connectivity index (χ0n) is 15.3. The maximum absolute atomic E-state index is 11.6. The Morgan fingerprint density at radius 3 is 2.65 bits per heavy atom. The highest BCUT2D eigenvalue weighted by molar-refractivity contribution is 6.32. The lowest BCUT2D eigenvalue weighted by Crippen LogP contribution is -2.11. The van der Waals surface area contributed by atoms with Gasteiger partial charge in [0.05, 0.1) is 12.1 Å². The Balaban J connectivity index is 1.87. The highest BCUT2D eigenvalue weighted by atomic mass is 35.5. The first kappa shape index (κ1) is 18.6. The van der Waals surface area contributed by atoms with Gasteiger partial charge in [-0.25, -0.2) is 4.79 Å². The average molecular weight is 375 g/mol. The second-order valence-corrected chi connectivity index (χ2v) is 6.91. The molecule has 0 saturated heterocycles. The van der Waals surface area contributed by atoms with E-state index in [9.17, 15) is 4.79 Å². The van der Waals surface area contributed by atoms with Crippen LogP contribution in [-0.4, -0.2) is 13.3 Å². The first-order chi connectivity index (χ1) is 12.5. The second kappa shape index (κ2) is 8.00.